The van der Waals surface area contributed by atoms with Gasteiger partial charge in [-0.15, -0.1) is 0 Å². The molecule has 0 spiro atoms. The third-order valence-corrected chi connectivity index (χ3v) is 5.74. The summed E-state index contributed by atoms with van der Waals surface area (Å²) in [6.07, 6.45) is 2.19. The second-order valence-corrected chi connectivity index (χ2v) is 7.86. The number of nitrogens with zero attached hydrogens (tertiary/aromatic N) is 4. The summed E-state index contributed by atoms with van der Waals surface area (Å²) in [7, 11) is 0. The van der Waals surface area contributed by atoms with Crippen LogP contribution in [0.3, 0.4) is 0 Å². The highest BCUT2D eigenvalue weighted by atomic mass is 79.9. The highest BCUT2D eigenvalue weighted by molar-refractivity contribution is 9.10. The number of piperazine rings is 1. The number of hydrogen-bond acceptors (Lipinski definition) is 5. The minimum atomic E-state index is -0.454. The minimum absolute atomic E-state index is 0.0140. The van der Waals surface area contributed by atoms with Gasteiger partial charge in [0, 0.05) is 42.6 Å². The average Bonchev–Trinajstić information content (AvgIpc) is 3.48. The number of pyridine rings is 1. The van der Waals surface area contributed by atoms with Crippen molar-refractivity contribution in [3.8, 4) is 0 Å². The number of amides is 1. The third kappa shape index (κ3) is 3.80. The van der Waals surface area contributed by atoms with Crippen LogP contribution < -0.4 is 4.90 Å². The first-order valence-corrected chi connectivity index (χ1v) is 9.72. The monoisotopic (exact) mass is 430 g/mol. The van der Waals surface area contributed by atoms with Gasteiger partial charge >= 0.3 is 0 Å². The van der Waals surface area contributed by atoms with E-state index in [1.54, 1.807) is 6.07 Å². The van der Waals surface area contributed by atoms with E-state index in [1.165, 1.54) is 17.8 Å². The summed E-state index contributed by atoms with van der Waals surface area (Å²) in [5, 5.41) is 10.7. The molecule has 0 radical (unpaired) electrons. The van der Waals surface area contributed by atoms with Crippen molar-refractivity contribution in [3.63, 3.8) is 0 Å². The number of benzene rings is 1. The Morgan fingerprint density at radius 3 is 2.59 bits per heavy atom. The highest BCUT2D eigenvalue weighted by Gasteiger charge is 2.46. The Kier molecular flexibility index (Phi) is 4.82. The van der Waals surface area contributed by atoms with Crippen LogP contribution in [0.5, 0.6) is 0 Å². The third-order valence-electron chi connectivity index (χ3n) is 5.24. The van der Waals surface area contributed by atoms with Crippen LogP contribution in [0.25, 0.3) is 0 Å². The van der Waals surface area contributed by atoms with Crippen LogP contribution in [0.4, 0.5) is 11.5 Å². The zero-order chi connectivity index (χ0) is 19.0. The van der Waals surface area contributed by atoms with Gasteiger partial charge in [-0.1, -0.05) is 28.1 Å². The highest BCUT2D eigenvalue weighted by Crippen LogP contribution is 2.49. The fourth-order valence-electron chi connectivity index (χ4n) is 3.64. The molecule has 140 valence electrons. The van der Waals surface area contributed by atoms with E-state index in [0.717, 1.165) is 10.9 Å². The van der Waals surface area contributed by atoms with Crippen molar-refractivity contribution in [2.75, 3.05) is 31.1 Å². The molecule has 1 aliphatic carbocycles. The topological polar surface area (TPSA) is 79.6 Å². The number of hydrogen-bond donors (Lipinski definition) is 0. The van der Waals surface area contributed by atoms with Crippen LogP contribution in [0, 0.1) is 16.0 Å². The van der Waals surface area contributed by atoms with E-state index in [2.05, 4.69) is 37.9 Å². The Hall–Kier alpha value is -2.48. The van der Waals surface area contributed by atoms with Crippen molar-refractivity contribution in [3.05, 3.63) is 62.7 Å². The molecule has 1 amide bonds. The van der Waals surface area contributed by atoms with Crippen molar-refractivity contribution in [1.82, 2.24) is 9.88 Å². The molecule has 1 aliphatic heterocycles. The van der Waals surface area contributed by atoms with Crippen LogP contribution in [0.15, 0.2) is 47.1 Å². The van der Waals surface area contributed by atoms with Crippen molar-refractivity contribution in [2.24, 2.45) is 5.92 Å². The molecule has 0 bridgehead atoms. The Morgan fingerprint density at radius 1 is 1.19 bits per heavy atom. The van der Waals surface area contributed by atoms with Gasteiger partial charge in [-0.25, -0.2) is 4.98 Å². The maximum Gasteiger partial charge on any atom is 0.287 e. The zero-order valence-corrected chi connectivity index (χ0v) is 16.2. The first-order valence-electron chi connectivity index (χ1n) is 8.92. The Labute approximate surface area is 165 Å². The summed E-state index contributed by atoms with van der Waals surface area (Å²) in [6.45, 7) is 2.67. The lowest BCUT2D eigenvalue weighted by atomic mass is 10.1. The van der Waals surface area contributed by atoms with Gasteiger partial charge in [-0.2, -0.15) is 0 Å². The van der Waals surface area contributed by atoms with Gasteiger partial charge in [0.2, 0.25) is 5.91 Å². The van der Waals surface area contributed by atoms with Crippen molar-refractivity contribution in [1.29, 1.82) is 0 Å². The Bertz CT molecular complexity index is 866. The lowest BCUT2D eigenvalue weighted by Gasteiger charge is -2.35. The number of rotatable bonds is 4. The van der Waals surface area contributed by atoms with E-state index in [1.807, 2.05) is 17.0 Å². The smallest absolute Gasteiger partial charge is 0.287 e. The second kappa shape index (κ2) is 7.26. The SMILES string of the molecule is O=C(C1CC1c1cccc(Br)c1)N1CCN(c2ccc([N+](=O)[O-])cn2)CC1. The summed E-state index contributed by atoms with van der Waals surface area (Å²) in [4.78, 5) is 31.2. The fourth-order valence-corrected chi connectivity index (χ4v) is 4.05. The quantitative estimate of drug-likeness (QED) is 0.549. The number of aromatic nitrogens is 1. The van der Waals surface area contributed by atoms with Gasteiger partial charge in [-0.3, -0.25) is 14.9 Å². The van der Waals surface area contributed by atoms with E-state index >= 15 is 0 Å². The van der Waals surface area contributed by atoms with E-state index < -0.39 is 4.92 Å². The normalized spacial score (nSPS) is 21.8. The number of carbonyl (C=O) groups excluding carboxylic acids is 1. The molecule has 2 aliphatic rings. The molecule has 2 unspecified atom stereocenters. The molecule has 1 aromatic heterocycles. The summed E-state index contributed by atoms with van der Waals surface area (Å²) < 4.78 is 1.04. The first kappa shape index (κ1) is 17.9. The van der Waals surface area contributed by atoms with Crippen LogP contribution >= 0.6 is 15.9 Å². The first-order chi connectivity index (χ1) is 13.0. The van der Waals surface area contributed by atoms with Crippen LogP contribution in [0.2, 0.25) is 0 Å². The lowest BCUT2D eigenvalue weighted by molar-refractivity contribution is -0.385. The number of anilines is 1. The second-order valence-electron chi connectivity index (χ2n) is 6.95. The van der Waals surface area contributed by atoms with Gasteiger partial charge in [0.05, 0.1) is 4.92 Å². The lowest BCUT2D eigenvalue weighted by Crippen LogP contribution is -2.49. The number of halogens is 1. The molecule has 2 atom stereocenters. The summed E-state index contributed by atoms with van der Waals surface area (Å²) in [5.74, 6) is 1.36. The van der Waals surface area contributed by atoms with Gasteiger partial charge in [0.1, 0.15) is 12.0 Å². The van der Waals surface area contributed by atoms with Crippen molar-refractivity contribution < 1.29 is 9.72 Å². The molecule has 7 nitrogen and oxygen atoms in total. The van der Waals surface area contributed by atoms with Crippen molar-refractivity contribution in [2.45, 2.75) is 12.3 Å². The maximum atomic E-state index is 12.8. The van der Waals surface area contributed by atoms with Crippen LogP contribution in [-0.2, 0) is 4.79 Å². The van der Waals surface area contributed by atoms with Gasteiger partial charge in [-0.05, 0) is 36.1 Å². The van der Waals surface area contributed by atoms with Crippen LogP contribution in [0.1, 0.15) is 17.9 Å². The van der Waals surface area contributed by atoms with E-state index in [9.17, 15) is 14.9 Å². The molecule has 1 aromatic carbocycles. The molecular formula is C19H19BrN4O3. The molecular weight excluding hydrogens is 412 g/mol. The number of carbonyl (C=O) groups is 1. The fraction of sp³-hybridized carbons (Fsp3) is 0.368. The molecule has 8 heteroatoms. The van der Waals surface area contributed by atoms with Crippen LogP contribution in [-0.4, -0.2) is 46.9 Å². The Morgan fingerprint density at radius 2 is 1.96 bits per heavy atom. The van der Waals surface area contributed by atoms with E-state index in [-0.39, 0.29) is 17.5 Å². The van der Waals surface area contributed by atoms with Gasteiger partial charge in [0.25, 0.3) is 5.69 Å². The summed E-state index contributed by atoms with van der Waals surface area (Å²) in [6, 6.07) is 11.3. The molecule has 4 rings (SSSR count). The molecule has 1 saturated heterocycles. The molecule has 2 heterocycles. The molecule has 0 N–H and O–H groups in total. The Balaban J connectivity index is 1.33. The van der Waals surface area contributed by atoms with Crippen molar-refractivity contribution >= 4 is 33.3 Å². The predicted octanol–water partition coefficient (Wildman–Crippen LogP) is 3.20. The minimum Gasteiger partial charge on any atom is -0.353 e. The largest absolute Gasteiger partial charge is 0.353 e. The average molecular weight is 431 g/mol. The van der Waals surface area contributed by atoms with E-state index in [4.69, 9.17) is 0 Å². The van der Waals surface area contributed by atoms with E-state index in [0.29, 0.717) is 37.9 Å². The number of nitro groups is 1. The molecule has 1 saturated carbocycles. The summed E-state index contributed by atoms with van der Waals surface area (Å²) >= 11 is 3.49. The molecule has 2 aromatic rings. The van der Waals surface area contributed by atoms with Gasteiger partial charge in [0.15, 0.2) is 0 Å². The summed E-state index contributed by atoms with van der Waals surface area (Å²) in [5.41, 5.74) is 1.20. The van der Waals surface area contributed by atoms with Gasteiger partial charge < -0.3 is 9.80 Å². The maximum absolute atomic E-state index is 12.8. The zero-order valence-electron chi connectivity index (χ0n) is 14.6. The molecule has 2 fully saturated rings. The standard InChI is InChI=1S/C19H19BrN4O3/c20-14-3-1-2-13(10-14)16-11-17(16)19(25)23-8-6-22(7-9-23)18-5-4-15(12-21-18)24(26)27/h1-5,10,12,16-17H,6-9,11H2. The molecule has 27 heavy (non-hydrogen) atoms. The predicted molar refractivity (Wildman–Crippen MR) is 105 cm³/mol.